The first-order valence-corrected chi connectivity index (χ1v) is 5.71. The van der Waals surface area contributed by atoms with Crippen molar-refractivity contribution in [2.24, 2.45) is 0 Å². The number of carboxylic acid groups (broad SMARTS) is 1. The number of anilines is 1. The van der Waals surface area contributed by atoms with E-state index in [1.165, 1.54) is 13.1 Å². The summed E-state index contributed by atoms with van der Waals surface area (Å²) < 4.78 is 0. The van der Waals surface area contributed by atoms with Crippen molar-refractivity contribution in [2.75, 3.05) is 5.32 Å². The largest absolute Gasteiger partial charge is 0.480 e. The molecule has 1 aromatic carbocycles. The number of amides is 2. The molecular weight excluding hydrogens is 246 g/mol. The number of pyridine rings is 1. The number of carbonyl (C=O) groups is 2. The molecule has 0 aliphatic heterocycles. The first-order valence-electron chi connectivity index (χ1n) is 5.71. The molecule has 0 spiro atoms. The molecule has 0 bridgehead atoms. The summed E-state index contributed by atoms with van der Waals surface area (Å²) in [7, 11) is 0. The van der Waals surface area contributed by atoms with E-state index in [-0.39, 0.29) is 0 Å². The second-order valence-electron chi connectivity index (χ2n) is 4.08. The molecule has 2 rings (SSSR count). The van der Waals surface area contributed by atoms with E-state index in [4.69, 9.17) is 5.11 Å². The average Bonchev–Trinajstić information content (AvgIpc) is 2.38. The van der Waals surface area contributed by atoms with Crippen molar-refractivity contribution < 1.29 is 14.7 Å². The highest BCUT2D eigenvalue weighted by Crippen LogP contribution is 2.15. The number of para-hydroxylation sites is 1. The number of rotatable bonds is 3. The van der Waals surface area contributed by atoms with Crippen LogP contribution in [0.2, 0.25) is 0 Å². The standard InChI is InChI=1S/C13H13N3O3/c1-8(12(17)18)15-13(19)16-10-6-9-4-2-3-5-11(9)14-7-10/h2-8H,1H3,(H,17,18)(H2,15,16,19). The van der Waals surface area contributed by atoms with Gasteiger partial charge in [0.25, 0.3) is 0 Å². The number of hydrogen-bond donors (Lipinski definition) is 3. The van der Waals surface area contributed by atoms with Gasteiger partial charge < -0.3 is 15.7 Å². The zero-order chi connectivity index (χ0) is 13.8. The number of fused-ring (bicyclic) bond motifs is 1. The quantitative estimate of drug-likeness (QED) is 0.784. The predicted molar refractivity (Wildman–Crippen MR) is 71.0 cm³/mol. The van der Waals surface area contributed by atoms with E-state index < -0.39 is 18.0 Å². The normalized spacial score (nSPS) is 11.8. The minimum absolute atomic E-state index is 0.508. The molecule has 1 unspecified atom stereocenters. The van der Waals surface area contributed by atoms with Crippen LogP contribution in [0.3, 0.4) is 0 Å². The van der Waals surface area contributed by atoms with Crippen LogP contribution in [0.15, 0.2) is 36.5 Å². The summed E-state index contributed by atoms with van der Waals surface area (Å²) in [6.45, 7) is 1.39. The molecule has 6 heteroatoms. The molecule has 1 aromatic heterocycles. The highest BCUT2D eigenvalue weighted by molar-refractivity contribution is 5.93. The van der Waals surface area contributed by atoms with Crippen molar-refractivity contribution in [1.29, 1.82) is 0 Å². The number of benzene rings is 1. The lowest BCUT2D eigenvalue weighted by Gasteiger charge is -2.10. The van der Waals surface area contributed by atoms with Gasteiger partial charge in [-0.3, -0.25) is 9.78 Å². The van der Waals surface area contributed by atoms with Crippen molar-refractivity contribution in [3.05, 3.63) is 36.5 Å². The van der Waals surface area contributed by atoms with E-state index in [1.807, 2.05) is 24.3 Å². The number of hydrogen-bond acceptors (Lipinski definition) is 3. The molecule has 0 aliphatic rings. The van der Waals surface area contributed by atoms with E-state index in [0.717, 1.165) is 10.9 Å². The van der Waals surface area contributed by atoms with Crippen molar-refractivity contribution in [2.45, 2.75) is 13.0 Å². The van der Waals surface area contributed by atoms with Gasteiger partial charge in [0.1, 0.15) is 6.04 Å². The summed E-state index contributed by atoms with van der Waals surface area (Å²) in [6, 6.07) is 7.74. The molecule has 0 radical (unpaired) electrons. The fourth-order valence-electron chi connectivity index (χ4n) is 1.56. The SMILES string of the molecule is CC(NC(=O)Nc1cnc2ccccc2c1)C(=O)O. The Morgan fingerprint density at radius 3 is 2.79 bits per heavy atom. The number of urea groups is 1. The molecule has 3 N–H and O–H groups in total. The molecule has 0 fully saturated rings. The van der Waals surface area contributed by atoms with E-state index >= 15 is 0 Å². The second-order valence-corrected chi connectivity index (χ2v) is 4.08. The third-order valence-electron chi connectivity index (χ3n) is 2.57. The van der Waals surface area contributed by atoms with Crippen molar-refractivity contribution >= 4 is 28.6 Å². The van der Waals surface area contributed by atoms with Crippen LogP contribution >= 0.6 is 0 Å². The maximum absolute atomic E-state index is 11.6. The lowest BCUT2D eigenvalue weighted by molar-refractivity contribution is -0.138. The Labute approximate surface area is 109 Å². The number of nitrogens with one attached hydrogen (secondary N) is 2. The second kappa shape index (κ2) is 5.34. The molecule has 0 aliphatic carbocycles. The van der Waals surface area contributed by atoms with Gasteiger partial charge in [0.2, 0.25) is 0 Å². The molecular formula is C13H13N3O3. The Kier molecular flexibility index (Phi) is 3.61. The van der Waals surface area contributed by atoms with Gasteiger partial charge in [-0.2, -0.15) is 0 Å². The minimum atomic E-state index is -1.09. The fraction of sp³-hybridized carbons (Fsp3) is 0.154. The van der Waals surface area contributed by atoms with Crippen LogP contribution in [-0.2, 0) is 4.79 Å². The molecule has 1 atom stereocenters. The highest BCUT2D eigenvalue weighted by atomic mass is 16.4. The number of carbonyl (C=O) groups excluding carboxylic acids is 1. The third kappa shape index (κ3) is 3.19. The number of aliphatic carboxylic acids is 1. The monoisotopic (exact) mass is 259 g/mol. The van der Waals surface area contributed by atoms with Crippen LogP contribution in [0, 0.1) is 0 Å². The van der Waals surface area contributed by atoms with Crippen molar-refractivity contribution in [3.8, 4) is 0 Å². The molecule has 0 saturated heterocycles. The maximum Gasteiger partial charge on any atom is 0.325 e. The Balaban J connectivity index is 2.09. The molecule has 98 valence electrons. The zero-order valence-corrected chi connectivity index (χ0v) is 10.3. The summed E-state index contributed by atoms with van der Waals surface area (Å²) in [6.07, 6.45) is 1.52. The summed E-state index contributed by atoms with van der Waals surface area (Å²) in [5.74, 6) is -1.09. The van der Waals surface area contributed by atoms with Gasteiger partial charge in [0.15, 0.2) is 0 Å². The number of aromatic nitrogens is 1. The lowest BCUT2D eigenvalue weighted by atomic mass is 10.2. The van der Waals surface area contributed by atoms with Crippen LogP contribution in [0.4, 0.5) is 10.5 Å². The van der Waals surface area contributed by atoms with E-state index in [0.29, 0.717) is 5.69 Å². The first-order chi connectivity index (χ1) is 9.06. The van der Waals surface area contributed by atoms with Crippen molar-refractivity contribution in [3.63, 3.8) is 0 Å². The molecule has 1 heterocycles. The summed E-state index contributed by atoms with van der Waals surface area (Å²) >= 11 is 0. The van der Waals surface area contributed by atoms with E-state index in [1.54, 1.807) is 6.07 Å². The molecule has 6 nitrogen and oxygen atoms in total. The maximum atomic E-state index is 11.6. The summed E-state index contributed by atoms with van der Waals surface area (Å²) in [4.78, 5) is 26.3. The Hall–Kier alpha value is -2.63. The van der Waals surface area contributed by atoms with Crippen LogP contribution < -0.4 is 10.6 Å². The smallest absolute Gasteiger partial charge is 0.325 e. The molecule has 2 amide bonds. The van der Waals surface area contributed by atoms with Gasteiger partial charge in [-0.25, -0.2) is 4.79 Å². The summed E-state index contributed by atoms with van der Waals surface area (Å²) in [5.41, 5.74) is 1.33. The van der Waals surface area contributed by atoms with Gasteiger partial charge in [-0.15, -0.1) is 0 Å². The molecule has 2 aromatic rings. The van der Waals surface area contributed by atoms with Crippen LogP contribution in [0.5, 0.6) is 0 Å². The number of nitrogens with zero attached hydrogens (tertiary/aromatic N) is 1. The van der Waals surface area contributed by atoms with Gasteiger partial charge in [0.05, 0.1) is 17.4 Å². The van der Waals surface area contributed by atoms with Gasteiger partial charge >= 0.3 is 12.0 Å². The Bertz CT molecular complexity index is 627. The van der Waals surface area contributed by atoms with Crippen LogP contribution in [-0.4, -0.2) is 28.1 Å². The van der Waals surface area contributed by atoms with Gasteiger partial charge in [-0.1, -0.05) is 18.2 Å². The lowest BCUT2D eigenvalue weighted by Crippen LogP contribution is -2.40. The van der Waals surface area contributed by atoms with Crippen LogP contribution in [0.1, 0.15) is 6.92 Å². The number of carboxylic acids is 1. The van der Waals surface area contributed by atoms with Gasteiger partial charge in [0, 0.05) is 5.39 Å². The Morgan fingerprint density at radius 1 is 1.32 bits per heavy atom. The van der Waals surface area contributed by atoms with Crippen molar-refractivity contribution in [1.82, 2.24) is 10.3 Å². The third-order valence-corrected chi connectivity index (χ3v) is 2.57. The van der Waals surface area contributed by atoms with Gasteiger partial charge in [-0.05, 0) is 19.1 Å². The first kappa shape index (κ1) is 12.8. The predicted octanol–water partition coefficient (Wildman–Crippen LogP) is 1.83. The van der Waals surface area contributed by atoms with E-state index in [9.17, 15) is 9.59 Å². The molecule has 19 heavy (non-hydrogen) atoms. The Morgan fingerprint density at radius 2 is 2.05 bits per heavy atom. The summed E-state index contributed by atoms with van der Waals surface area (Å²) in [5, 5.41) is 14.4. The topological polar surface area (TPSA) is 91.3 Å². The highest BCUT2D eigenvalue weighted by Gasteiger charge is 2.13. The zero-order valence-electron chi connectivity index (χ0n) is 10.3. The minimum Gasteiger partial charge on any atom is -0.480 e. The fourth-order valence-corrected chi connectivity index (χ4v) is 1.56. The molecule has 0 saturated carbocycles. The van der Waals surface area contributed by atoms with Crippen LogP contribution in [0.25, 0.3) is 10.9 Å². The van der Waals surface area contributed by atoms with E-state index in [2.05, 4.69) is 15.6 Å². The average molecular weight is 259 g/mol.